The van der Waals surface area contributed by atoms with E-state index in [1.165, 1.54) is 7.11 Å². The molecule has 0 rings (SSSR count). The van der Waals surface area contributed by atoms with Crippen LogP contribution in [0.15, 0.2) is 0 Å². The number of methoxy groups -OCH3 is 1. The van der Waals surface area contributed by atoms with Gasteiger partial charge in [0.25, 0.3) is 0 Å². The standard InChI is InChI=1S/C10H23NO6/c1-6(5-12)7(13)8(14)9(15)10(16-2)17-4-3-11/h6-10,12-15H,3-5,11H2,1-2H3. The van der Waals surface area contributed by atoms with Crippen LogP contribution in [0.1, 0.15) is 6.92 Å². The smallest absolute Gasteiger partial charge is 0.185 e. The first-order chi connectivity index (χ1) is 7.99. The average Bonchev–Trinajstić information content (AvgIpc) is 2.36. The minimum atomic E-state index is -1.47. The second-order valence-corrected chi connectivity index (χ2v) is 3.90. The van der Waals surface area contributed by atoms with E-state index in [-0.39, 0.29) is 19.8 Å². The molecule has 7 heteroatoms. The topological polar surface area (TPSA) is 125 Å². The van der Waals surface area contributed by atoms with Gasteiger partial charge in [-0.15, -0.1) is 0 Å². The lowest BCUT2D eigenvalue weighted by molar-refractivity contribution is -0.217. The molecule has 17 heavy (non-hydrogen) atoms. The van der Waals surface area contributed by atoms with E-state index >= 15 is 0 Å². The number of aliphatic hydroxyl groups excluding tert-OH is 4. The van der Waals surface area contributed by atoms with E-state index in [1.807, 2.05) is 0 Å². The molecule has 0 saturated carbocycles. The third-order valence-corrected chi connectivity index (χ3v) is 2.48. The van der Waals surface area contributed by atoms with Crippen LogP contribution in [-0.2, 0) is 9.47 Å². The molecule has 0 bridgehead atoms. The Morgan fingerprint density at radius 3 is 2.12 bits per heavy atom. The largest absolute Gasteiger partial charge is 0.396 e. The molecule has 5 unspecified atom stereocenters. The second kappa shape index (κ2) is 8.76. The third kappa shape index (κ3) is 5.26. The van der Waals surface area contributed by atoms with Crippen LogP contribution in [0.25, 0.3) is 0 Å². The van der Waals surface area contributed by atoms with Crippen molar-refractivity contribution in [3.8, 4) is 0 Å². The second-order valence-electron chi connectivity index (χ2n) is 3.90. The first kappa shape index (κ1) is 16.7. The Morgan fingerprint density at radius 2 is 1.71 bits per heavy atom. The van der Waals surface area contributed by atoms with Gasteiger partial charge in [-0.2, -0.15) is 0 Å². The number of nitrogens with two attached hydrogens (primary N) is 1. The highest BCUT2D eigenvalue weighted by molar-refractivity contribution is 4.81. The fourth-order valence-electron chi connectivity index (χ4n) is 1.30. The summed E-state index contributed by atoms with van der Waals surface area (Å²) in [5.74, 6) is -0.563. The molecule has 0 heterocycles. The molecule has 0 aliphatic heterocycles. The predicted molar refractivity (Wildman–Crippen MR) is 60.1 cm³/mol. The molecule has 5 atom stereocenters. The summed E-state index contributed by atoms with van der Waals surface area (Å²) < 4.78 is 9.89. The van der Waals surface area contributed by atoms with Crippen LogP contribution in [0.3, 0.4) is 0 Å². The van der Waals surface area contributed by atoms with Gasteiger partial charge in [-0.3, -0.25) is 0 Å². The zero-order valence-electron chi connectivity index (χ0n) is 10.2. The molecule has 0 saturated heterocycles. The number of aliphatic hydroxyl groups is 4. The predicted octanol–water partition coefficient (Wildman–Crippen LogP) is -2.35. The Labute approximate surface area is 101 Å². The Kier molecular flexibility index (Phi) is 8.61. The Balaban J connectivity index is 4.37. The van der Waals surface area contributed by atoms with E-state index in [9.17, 15) is 15.3 Å². The van der Waals surface area contributed by atoms with Gasteiger partial charge in [0.15, 0.2) is 6.29 Å². The fraction of sp³-hybridized carbons (Fsp3) is 1.00. The third-order valence-electron chi connectivity index (χ3n) is 2.48. The Bertz CT molecular complexity index is 194. The number of hydrogen-bond acceptors (Lipinski definition) is 7. The lowest BCUT2D eigenvalue weighted by Gasteiger charge is -2.30. The minimum absolute atomic E-state index is 0.161. The fourth-order valence-corrected chi connectivity index (χ4v) is 1.30. The zero-order valence-corrected chi connectivity index (χ0v) is 10.2. The van der Waals surface area contributed by atoms with Gasteiger partial charge in [0.2, 0.25) is 0 Å². The van der Waals surface area contributed by atoms with Crippen LogP contribution in [0.4, 0.5) is 0 Å². The van der Waals surface area contributed by atoms with E-state index in [4.69, 9.17) is 20.3 Å². The van der Waals surface area contributed by atoms with E-state index in [2.05, 4.69) is 0 Å². The highest BCUT2D eigenvalue weighted by Gasteiger charge is 2.34. The van der Waals surface area contributed by atoms with Crippen molar-refractivity contribution in [1.82, 2.24) is 0 Å². The molecule has 0 aromatic heterocycles. The van der Waals surface area contributed by atoms with Gasteiger partial charge in [-0.1, -0.05) is 6.92 Å². The molecular formula is C10H23NO6. The summed E-state index contributed by atoms with van der Waals surface area (Å²) in [4.78, 5) is 0. The monoisotopic (exact) mass is 253 g/mol. The van der Waals surface area contributed by atoms with Crippen LogP contribution in [-0.4, -0.2) is 71.9 Å². The number of hydrogen-bond donors (Lipinski definition) is 5. The molecule has 0 fully saturated rings. The van der Waals surface area contributed by atoms with E-state index in [1.54, 1.807) is 6.92 Å². The van der Waals surface area contributed by atoms with Crippen molar-refractivity contribution in [1.29, 1.82) is 0 Å². The zero-order chi connectivity index (χ0) is 13.4. The molecular weight excluding hydrogens is 230 g/mol. The molecule has 7 nitrogen and oxygen atoms in total. The van der Waals surface area contributed by atoms with Gasteiger partial charge < -0.3 is 35.6 Å². The number of rotatable bonds is 9. The summed E-state index contributed by atoms with van der Waals surface area (Å²) in [6, 6.07) is 0. The summed E-state index contributed by atoms with van der Waals surface area (Å²) in [6.07, 6.45) is -5.24. The summed E-state index contributed by atoms with van der Waals surface area (Å²) in [7, 11) is 1.30. The molecule has 0 aliphatic rings. The van der Waals surface area contributed by atoms with Crippen molar-refractivity contribution in [2.24, 2.45) is 11.7 Å². The number of ether oxygens (including phenoxy) is 2. The van der Waals surface area contributed by atoms with E-state index in [0.717, 1.165) is 0 Å². The first-order valence-corrected chi connectivity index (χ1v) is 5.49. The maximum atomic E-state index is 9.74. The van der Waals surface area contributed by atoms with Crippen LogP contribution in [0, 0.1) is 5.92 Å². The van der Waals surface area contributed by atoms with Crippen LogP contribution >= 0.6 is 0 Å². The molecule has 0 radical (unpaired) electrons. The average molecular weight is 253 g/mol. The summed E-state index contributed by atoms with van der Waals surface area (Å²) in [6.45, 7) is 1.65. The van der Waals surface area contributed by atoms with Crippen molar-refractivity contribution in [3.63, 3.8) is 0 Å². The molecule has 0 aromatic rings. The maximum absolute atomic E-state index is 9.74. The van der Waals surface area contributed by atoms with Crippen LogP contribution < -0.4 is 5.73 Å². The lowest BCUT2D eigenvalue weighted by Crippen LogP contribution is -2.49. The van der Waals surface area contributed by atoms with E-state index in [0.29, 0.717) is 0 Å². The van der Waals surface area contributed by atoms with Crippen LogP contribution in [0.5, 0.6) is 0 Å². The van der Waals surface area contributed by atoms with Gasteiger partial charge in [0.1, 0.15) is 12.2 Å². The SMILES string of the molecule is COC(OCCN)C(O)C(O)C(O)C(C)CO. The maximum Gasteiger partial charge on any atom is 0.185 e. The van der Waals surface area contributed by atoms with Gasteiger partial charge in [0.05, 0.1) is 12.7 Å². The highest BCUT2D eigenvalue weighted by atomic mass is 16.7. The first-order valence-electron chi connectivity index (χ1n) is 5.49. The summed E-state index contributed by atoms with van der Waals surface area (Å²) in [5, 5.41) is 37.9. The Morgan fingerprint density at radius 1 is 1.12 bits per heavy atom. The van der Waals surface area contributed by atoms with Crippen molar-refractivity contribution in [3.05, 3.63) is 0 Å². The van der Waals surface area contributed by atoms with Crippen molar-refractivity contribution in [2.45, 2.75) is 31.5 Å². The van der Waals surface area contributed by atoms with Crippen molar-refractivity contribution in [2.75, 3.05) is 26.9 Å². The molecule has 0 aromatic carbocycles. The van der Waals surface area contributed by atoms with Crippen molar-refractivity contribution >= 4 is 0 Å². The normalized spacial score (nSPS) is 20.6. The summed E-state index contributed by atoms with van der Waals surface area (Å²) in [5.41, 5.74) is 5.23. The molecule has 6 N–H and O–H groups in total. The minimum Gasteiger partial charge on any atom is -0.396 e. The molecule has 0 spiro atoms. The molecule has 104 valence electrons. The van der Waals surface area contributed by atoms with Crippen LogP contribution in [0.2, 0.25) is 0 Å². The van der Waals surface area contributed by atoms with Gasteiger partial charge >= 0.3 is 0 Å². The Hall–Kier alpha value is -0.280. The van der Waals surface area contributed by atoms with Gasteiger partial charge in [0, 0.05) is 26.2 Å². The molecule has 0 amide bonds. The van der Waals surface area contributed by atoms with E-state index < -0.39 is 30.5 Å². The quantitative estimate of drug-likeness (QED) is 0.291. The molecule has 0 aliphatic carbocycles. The van der Waals surface area contributed by atoms with Gasteiger partial charge in [-0.05, 0) is 0 Å². The highest BCUT2D eigenvalue weighted by Crippen LogP contribution is 2.14. The summed E-state index contributed by atoms with van der Waals surface area (Å²) >= 11 is 0. The van der Waals surface area contributed by atoms with Crippen molar-refractivity contribution < 1.29 is 29.9 Å². The lowest BCUT2D eigenvalue weighted by atomic mass is 9.97. The van der Waals surface area contributed by atoms with Gasteiger partial charge in [-0.25, -0.2) is 0 Å².